The molecule has 1 saturated carbocycles. The summed E-state index contributed by atoms with van der Waals surface area (Å²) in [5, 5.41) is 0.873. The molecule has 0 bridgehead atoms. The number of aromatic amines is 1. The van der Waals surface area contributed by atoms with Gasteiger partial charge < -0.3 is 19.0 Å². The van der Waals surface area contributed by atoms with E-state index in [0.29, 0.717) is 5.52 Å². The lowest BCUT2D eigenvalue weighted by Crippen LogP contribution is -2.29. The molecule has 7 nitrogen and oxygen atoms in total. The van der Waals surface area contributed by atoms with Crippen molar-refractivity contribution in [3.8, 4) is 11.5 Å². The van der Waals surface area contributed by atoms with E-state index in [1.165, 1.54) is 0 Å². The number of carbonyl (C=O) groups excluding carboxylic acids is 1. The normalized spacial score (nSPS) is 22.3. The SMILES string of the molecule is CN1C(=O)C2(CC2c2cn(C)c(=O)c3[nH]c(-c4nccn4C)cc23)c2ccccc21. The monoisotopic (exact) mass is 399 g/mol. The van der Waals surface area contributed by atoms with Gasteiger partial charge in [0.05, 0.1) is 11.1 Å². The third-order valence-electron chi connectivity index (χ3n) is 6.83. The molecule has 2 atom stereocenters. The maximum Gasteiger partial charge on any atom is 0.274 e. The van der Waals surface area contributed by atoms with E-state index in [2.05, 4.69) is 16.0 Å². The van der Waals surface area contributed by atoms with E-state index in [-0.39, 0.29) is 17.4 Å². The highest BCUT2D eigenvalue weighted by Gasteiger charge is 2.67. The van der Waals surface area contributed by atoms with Gasteiger partial charge in [0.15, 0.2) is 5.82 Å². The lowest BCUT2D eigenvalue weighted by atomic mass is 9.91. The standard InChI is InChI=1S/C23H21N5O2/c1-26-9-8-24-20(26)17-10-13-14(12-27(2)21(29)19(13)25-17)16-11-23(16)15-6-4-5-7-18(15)28(3)22(23)30/h4-10,12,16,25H,11H2,1-3H3. The summed E-state index contributed by atoms with van der Waals surface area (Å²) in [6.45, 7) is 0. The number of amides is 1. The Kier molecular flexibility index (Phi) is 3.17. The number of rotatable bonds is 2. The van der Waals surface area contributed by atoms with Crippen molar-refractivity contribution in [2.45, 2.75) is 17.8 Å². The number of aryl methyl sites for hydroxylation is 2. The zero-order valence-electron chi connectivity index (χ0n) is 17.0. The molecule has 1 aromatic carbocycles. The van der Waals surface area contributed by atoms with Crippen molar-refractivity contribution in [2.75, 3.05) is 11.9 Å². The minimum Gasteiger partial charge on any atom is -0.347 e. The zero-order chi connectivity index (χ0) is 20.8. The quantitative estimate of drug-likeness (QED) is 0.563. The van der Waals surface area contributed by atoms with E-state index in [1.54, 1.807) is 22.7 Å². The molecule has 2 unspecified atom stereocenters. The van der Waals surface area contributed by atoms with Gasteiger partial charge in [-0.3, -0.25) is 9.59 Å². The number of carbonyl (C=O) groups is 1. The van der Waals surface area contributed by atoms with Crippen LogP contribution in [0.4, 0.5) is 5.69 Å². The fourth-order valence-electron chi connectivity index (χ4n) is 5.23. The predicted molar refractivity (Wildman–Crippen MR) is 115 cm³/mol. The largest absolute Gasteiger partial charge is 0.347 e. The second kappa shape index (κ2) is 5.50. The van der Waals surface area contributed by atoms with Crippen molar-refractivity contribution in [2.24, 2.45) is 14.1 Å². The van der Waals surface area contributed by atoms with Crippen molar-refractivity contribution in [1.29, 1.82) is 0 Å². The van der Waals surface area contributed by atoms with Crippen LogP contribution >= 0.6 is 0 Å². The van der Waals surface area contributed by atoms with E-state index in [4.69, 9.17) is 0 Å². The fraction of sp³-hybridized carbons (Fsp3) is 0.261. The lowest BCUT2D eigenvalue weighted by Gasteiger charge is -2.12. The number of likely N-dealkylation sites (N-methyl/N-ethyl adjacent to an activating group) is 1. The minimum atomic E-state index is -0.531. The Labute approximate surface area is 172 Å². The summed E-state index contributed by atoms with van der Waals surface area (Å²) in [5.74, 6) is 0.942. The molecule has 4 aromatic rings. The number of aromatic nitrogens is 4. The molecule has 30 heavy (non-hydrogen) atoms. The second-order valence-corrected chi connectivity index (χ2v) is 8.44. The summed E-state index contributed by atoms with van der Waals surface area (Å²) in [6.07, 6.45) is 6.26. The van der Waals surface area contributed by atoms with Crippen LogP contribution in [0, 0.1) is 0 Å². The average molecular weight is 399 g/mol. The molecule has 1 amide bonds. The molecule has 1 spiro atoms. The molecule has 1 aliphatic carbocycles. The molecule has 1 aliphatic heterocycles. The van der Waals surface area contributed by atoms with Crippen LogP contribution in [0.1, 0.15) is 23.5 Å². The summed E-state index contributed by atoms with van der Waals surface area (Å²) in [5.41, 5.74) is 3.84. The first-order valence-corrected chi connectivity index (χ1v) is 10.0. The van der Waals surface area contributed by atoms with Gasteiger partial charge in [-0.25, -0.2) is 4.98 Å². The van der Waals surface area contributed by atoms with Gasteiger partial charge in [-0.05, 0) is 29.7 Å². The van der Waals surface area contributed by atoms with Crippen LogP contribution < -0.4 is 10.5 Å². The Morgan fingerprint density at radius 2 is 1.93 bits per heavy atom. The van der Waals surface area contributed by atoms with E-state index >= 15 is 0 Å². The van der Waals surface area contributed by atoms with Gasteiger partial charge >= 0.3 is 0 Å². The third kappa shape index (κ3) is 1.97. The highest BCUT2D eigenvalue weighted by Crippen LogP contribution is 2.66. The Bertz CT molecular complexity index is 1430. The Balaban J connectivity index is 1.56. The molecule has 7 heteroatoms. The molecular formula is C23H21N5O2. The predicted octanol–water partition coefficient (Wildman–Crippen LogP) is 2.67. The zero-order valence-corrected chi connectivity index (χ0v) is 17.0. The molecule has 6 rings (SSSR count). The first kappa shape index (κ1) is 17.3. The summed E-state index contributed by atoms with van der Waals surface area (Å²) in [6, 6.07) is 10.0. The molecule has 0 saturated heterocycles. The number of para-hydroxylation sites is 1. The van der Waals surface area contributed by atoms with Crippen molar-refractivity contribution in [3.63, 3.8) is 0 Å². The van der Waals surface area contributed by atoms with Gasteiger partial charge in [0.2, 0.25) is 5.91 Å². The van der Waals surface area contributed by atoms with Crippen LogP contribution in [-0.2, 0) is 24.3 Å². The molecule has 2 aliphatic rings. The highest BCUT2D eigenvalue weighted by molar-refractivity contribution is 6.11. The topological polar surface area (TPSA) is 75.9 Å². The number of pyridine rings is 1. The fourth-order valence-corrected chi connectivity index (χ4v) is 5.23. The number of benzene rings is 1. The molecule has 3 aromatic heterocycles. The van der Waals surface area contributed by atoms with Crippen LogP contribution in [0.2, 0.25) is 0 Å². The number of nitrogens with zero attached hydrogens (tertiary/aromatic N) is 4. The smallest absolute Gasteiger partial charge is 0.274 e. The van der Waals surface area contributed by atoms with Crippen molar-refractivity contribution < 1.29 is 4.79 Å². The van der Waals surface area contributed by atoms with Gasteiger partial charge in [0, 0.05) is 56.7 Å². The number of hydrogen-bond donors (Lipinski definition) is 1. The second-order valence-electron chi connectivity index (χ2n) is 8.44. The van der Waals surface area contributed by atoms with Crippen LogP contribution in [0.3, 0.4) is 0 Å². The summed E-state index contributed by atoms with van der Waals surface area (Å²) in [4.78, 5) is 35.6. The summed E-state index contributed by atoms with van der Waals surface area (Å²) in [7, 11) is 5.53. The van der Waals surface area contributed by atoms with Gasteiger partial charge in [-0.2, -0.15) is 0 Å². The van der Waals surface area contributed by atoms with E-state index in [1.807, 2.05) is 55.3 Å². The van der Waals surface area contributed by atoms with E-state index < -0.39 is 5.41 Å². The van der Waals surface area contributed by atoms with Crippen molar-refractivity contribution in [1.82, 2.24) is 19.1 Å². The number of hydrogen-bond acceptors (Lipinski definition) is 3. The van der Waals surface area contributed by atoms with Crippen molar-refractivity contribution >= 4 is 22.5 Å². The summed E-state index contributed by atoms with van der Waals surface area (Å²) >= 11 is 0. The molecule has 1 fully saturated rings. The molecular weight excluding hydrogens is 378 g/mol. The molecule has 150 valence electrons. The molecule has 4 heterocycles. The molecule has 0 radical (unpaired) electrons. The Hall–Kier alpha value is -3.61. The van der Waals surface area contributed by atoms with Gasteiger partial charge in [0.25, 0.3) is 5.56 Å². The Morgan fingerprint density at radius 1 is 1.13 bits per heavy atom. The summed E-state index contributed by atoms with van der Waals surface area (Å²) < 4.78 is 3.52. The number of nitrogens with one attached hydrogen (secondary N) is 1. The van der Waals surface area contributed by atoms with Crippen LogP contribution in [0.25, 0.3) is 22.4 Å². The van der Waals surface area contributed by atoms with E-state index in [0.717, 1.165) is 40.1 Å². The number of imidazole rings is 1. The number of fused-ring (bicyclic) bond motifs is 3. The Morgan fingerprint density at radius 3 is 2.70 bits per heavy atom. The molecule has 1 N–H and O–H groups in total. The van der Waals surface area contributed by atoms with Crippen LogP contribution in [-0.4, -0.2) is 32.1 Å². The maximum absolute atomic E-state index is 13.3. The van der Waals surface area contributed by atoms with Gasteiger partial charge in [0.1, 0.15) is 5.52 Å². The van der Waals surface area contributed by atoms with Crippen LogP contribution in [0.5, 0.6) is 0 Å². The van der Waals surface area contributed by atoms with E-state index in [9.17, 15) is 9.59 Å². The maximum atomic E-state index is 13.3. The first-order chi connectivity index (χ1) is 14.4. The van der Waals surface area contributed by atoms with Crippen molar-refractivity contribution in [3.05, 3.63) is 70.4 Å². The lowest BCUT2D eigenvalue weighted by molar-refractivity contribution is -0.120. The average Bonchev–Trinajstić information content (AvgIpc) is 2.99. The van der Waals surface area contributed by atoms with Gasteiger partial charge in [-0.1, -0.05) is 18.2 Å². The highest BCUT2D eigenvalue weighted by atomic mass is 16.2. The number of anilines is 1. The van der Waals surface area contributed by atoms with Gasteiger partial charge in [-0.15, -0.1) is 0 Å². The first-order valence-electron chi connectivity index (χ1n) is 10.0. The minimum absolute atomic E-state index is 0.0374. The van der Waals surface area contributed by atoms with Crippen LogP contribution in [0.15, 0.2) is 53.7 Å². The number of H-pyrrole nitrogens is 1. The third-order valence-corrected chi connectivity index (χ3v) is 6.83.